The van der Waals surface area contributed by atoms with Crippen molar-refractivity contribution in [1.82, 2.24) is 20.1 Å². The summed E-state index contributed by atoms with van der Waals surface area (Å²) in [5, 5.41) is 2.12. The predicted molar refractivity (Wildman–Crippen MR) is 151 cm³/mol. The molecule has 2 heterocycles. The van der Waals surface area contributed by atoms with Crippen molar-refractivity contribution in [3.05, 3.63) is 64.7 Å². The number of carbonyl (C=O) groups excluding carboxylic acids is 1. The number of nitrogens with one attached hydrogen (secondary N) is 1. The molecular formula is C28H36N4O7S. The van der Waals surface area contributed by atoms with Crippen LogP contribution in [0.2, 0.25) is 0 Å². The zero-order chi connectivity index (χ0) is 28.9. The molecule has 1 unspecified atom stereocenters. The van der Waals surface area contributed by atoms with Gasteiger partial charge in [-0.15, -0.1) is 0 Å². The Hall–Kier alpha value is -3.16. The Bertz CT molecular complexity index is 1500. The van der Waals surface area contributed by atoms with Crippen LogP contribution in [0.5, 0.6) is 0 Å². The highest BCUT2D eigenvalue weighted by Crippen LogP contribution is 2.25. The summed E-state index contributed by atoms with van der Waals surface area (Å²) in [5.74, 6) is -0.810. The molecule has 1 fully saturated rings. The highest BCUT2D eigenvalue weighted by molar-refractivity contribution is 7.92. The van der Waals surface area contributed by atoms with Crippen molar-refractivity contribution in [3.8, 4) is 11.1 Å². The standard InChI is InChI=1S/C28H36N4O7S/c1-28(40(4,35)36,27(34)30-39-25-7-5-6-16-38-25)14-15-32-19-29-24-17-22(12-13-23(24)26(32)33)21-10-8-20(9-11-21)18-31(2)37-3/h8-13,17,19,25H,5-7,14-16,18H2,1-4H3,(H,30,34)/t25?,28-/m1/s1. The van der Waals surface area contributed by atoms with Crippen LogP contribution in [-0.4, -0.2) is 67.0 Å². The Morgan fingerprint density at radius 3 is 2.58 bits per heavy atom. The molecule has 0 aliphatic carbocycles. The fraction of sp³-hybridized carbons (Fsp3) is 0.464. The van der Waals surface area contributed by atoms with E-state index in [2.05, 4.69) is 10.5 Å². The molecular weight excluding hydrogens is 536 g/mol. The first-order valence-electron chi connectivity index (χ1n) is 13.1. The summed E-state index contributed by atoms with van der Waals surface area (Å²) >= 11 is 0. The van der Waals surface area contributed by atoms with E-state index in [9.17, 15) is 18.0 Å². The number of benzene rings is 2. The topological polar surface area (TPSA) is 129 Å². The van der Waals surface area contributed by atoms with Gasteiger partial charge in [0.1, 0.15) is 0 Å². The third kappa shape index (κ3) is 6.76. The highest BCUT2D eigenvalue weighted by atomic mass is 32.2. The third-order valence-corrected chi connectivity index (χ3v) is 9.41. The summed E-state index contributed by atoms with van der Waals surface area (Å²) in [5.41, 5.74) is 5.45. The van der Waals surface area contributed by atoms with Crippen LogP contribution in [0.25, 0.3) is 22.0 Å². The predicted octanol–water partition coefficient (Wildman–Crippen LogP) is 2.82. The molecule has 0 spiro atoms. The molecule has 216 valence electrons. The first kappa shape index (κ1) is 29.8. The van der Waals surface area contributed by atoms with Crippen LogP contribution in [0.15, 0.2) is 53.6 Å². The van der Waals surface area contributed by atoms with E-state index in [0.29, 0.717) is 30.5 Å². The lowest BCUT2D eigenvalue weighted by Crippen LogP contribution is -2.51. The van der Waals surface area contributed by atoms with Gasteiger partial charge in [-0.25, -0.2) is 23.7 Å². The van der Waals surface area contributed by atoms with Gasteiger partial charge >= 0.3 is 0 Å². The molecule has 0 radical (unpaired) electrons. The number of hydrogen-bond acceptors (Lipinski definition) is 9. The Labute approximate surface area is 233 Å². The Kier molecular flexibility index (Phi) is 9.37. The molecule has 1 aromatic heterocycles. The number of ether oxygens (including phenoxy) is 1. The number of aryl methyl sites for hydroxylation is 1. The van der Waals surface area contributed by atoms with Gasteiger partial charge in [-0.1, -0.05) is 30.3 Å². The average molecular weight is 573 g/mol. The van der Waals surface area contributed by atoms with Crippen molar-refractivity contribution in [1.29, 1.82) is 0 Å². The number of hydrogen-bond donors (Lipinski definition) is 1. The molecule has 3 aromatic rings. The Balaban J connectivity index is 1.49. The molecule has 4 rings (SSSR count). The van der Waals surface area contributed by atoms with Crippen molar-refractivity contribution in [2.24, 2.45) is 0 Å². The van der Waals surface area contributed by atoms with Crippen molar-refractivity contribution in [3.63, 3.8) is 0 Å². The van der Waals surface area contributed by atoms with E-state index in [0.717, 1.165) is 35.8 Å². The second-order valence-electron chi connectivity index (χ2n) is 10.2. The highest BCUT2D eigenvalue weighted by Gasteiger charge is 2.44. The fourth-order valence-electron chi connectivity index (χ4n) is 4.45. The molecule has 1 N–H and O–H groups in total. The number of amides is 1. The molecule has 1 saturated heterocycles. The lowest BCUT2D eigenvalue weighted by Gasteiger charge is -2.28. The number of rotatable bonds is 11. The van der Waals surface area contributed by atoms with Gasteiger partial charge in [0.05, 0.1) is 24.3 Å². The summed E-state index contributed by atoms with van der Waals surface area (Å²) in [7, 11) is -0.393. The minimum absolute atomic E-state index is 0.0299. The SMILES string of the molecule is CON(C)Cc1ccc(-c2ccc3c(=O)n(CC[C@](C)(C(=O)NOC4CCCCO4)S(C)(=O)=O)cnc3c2)cc1. The first-order chi connectivity index (χ1) is 19.0. The molecule has 0 saturated carbocycles. The van der Waals surface area contributed by atoms with Gasteiger partial charge in [-0.05, 0) is 55.0 Å². The monoisotopic (exact) mass is 572 g/mol. The van der Waals surface area contributed by atoms with Crippen LogP contribution in [0.3, 0.4) is 0 Å². The van der Waals surface area contributed by atoms with Crippen molar-refractivity contribution >= 4 is 26.6 Å². The second-order valence-corrected chi connectivity index (χ2v) is 12.7. The normalized spacial score (nSPS) is 17.6. The molecule has 1 aliphatic rings. The van der Waals surface area contributed by atoms with E-state index in [1.165, 1.54) is 17.8 Å². The molecule has 12 heteroatoms. The number of sulfone groups is 1. The van der Waals surface area contributed by atoms with Gasteiger partial charge < -0.3 is 9.57 Å². The maximum Gasteiger partial charge on any atom is 0.264 e. The van der Waals surface area contributed by atoms with Crippen LogP contribution < -0.4 is 11.0 Å². The van der Waals surface area contributed by atoms with E-state index >= 15 is 0 Å². The van der Waals surface area contributed by atoms with Crippen LogP contribution in [0.4, 0.5) is 0 Å². The maximum atomic E-state index is 13.2. The van der Waals surface area contributed by atoms with E-state index in [1.54, 1.807) is 18.2 Å². The van der Waals surface area contributed by atoms with Crippen LogP contribution in [0, 0.1) is 0 Å². The maximum absolute atomic E-state index is 13.2. The second kappa shape index (κ2) is 12.6. The largest absolute Gasteiger partial charge is 0.350 e. The van der Waals surface area contributed by atoms with Crippen LogP contribution in [-0.2, 0) is 42.1 Å². The summed E-state index contributed by atoms with van der Waals surface area (Å²) < 4.78 is 30.3. The first-order valence-corrected chi connectivity index (χ1v) is 15.0. The number of nitrogens with zero attached hydrogens (tertiary/aromatic N) is 3. The molecule has 40 heavy (non-hydrogen) atoms. The van der Waals surface area contributed by atoms with Crippen molar-refractivity contribution in [2.75, 3.05) is 27.0 Å². The summed E-state index contributed by atoms with van der Waals surface area (Å²) in [4.78, 5) is 41.1. The molecule has 2 aromatic carbocycles. The third-order valence-electron chi connectivity index (χ3n) is 7.38. The molecule has 11 nitrogen and oxygen atoms in total. The smallest absolute Gasteiger partial charge is 0.264 e. The molecule has 2 atom stereocenters. The number of hydroxylamine groups is 3. The fourth-order valence-corrected chi connectivity index (χ4v) is 5.29. The number of fused-ring (bicyclic) bond motifs is 1. The quantitative estimate of drug-likeness (QED) is 0.345. The number of carbonyl (C=O) groups is 1. The lowest BCUT2D eigenvalue weighted by atomic mass is 10.0. The minimum Gasteiger partial charge on any atom is -0.350 e. The Morgan fingerprint density at radius 1 is 1.20 bits per heavy atom. The number of aromatic nitrogens is 2. The van der Waals surface area contributed by atoms with E-state index in [-0.39, 0.29) is 18.5 Å². The van der Waals surface area contributed by atoms with Crippen LogP contribution >= 0.6 is 0 Å². The van der Waals surface area contributed by atoms with Gasteiger partial charge in [0.15, 0.2) is 20.9 Å². The van der Waals surface area contributed by atoms with Crippen LogP contribution in [0.1, 0.15) is 38.2 Å². The van der Waals surface area contributed by atoms with Gasteiger partial charge in [0.2, 0.25) is 0 Å². The zero-order valence-electron chi connectivity index (χ0n) is 23.3. The van der Waals surface area contributed by atoms with Crippen molar-refractivity contribution in [2.45, 2.75) is 56.7 Å². The van der Waals surface area contributed by atoms with E-state index < -0.39 is 26.8 Å². The molecule has 0 bridgehead atoms. The molecule has 1 amide bonds. The summed E-state index contributed by atoms with van der Waals surface area (Å²) in [6.07, 6.45) is 4.01. The summed E-state index contributed by atoms with van der Waals surface area (Å²) in [6, 6.07) is 13.4. The van der Waals surface area contributed by atoms with Gasteiger partial charge in [0.25, 0.3) is 11.5 Å². The van der Waals surface area contributed by atoms with Crippen molar-refractivity contribution < 1.29 is 27.6 Å². The average Bonchev–Trinajstić information content (AvgIpc) is 2.95. The van der Waals surface area contributed by atoms with Gasteiger partial charge in [-0.3, -0.25) is 14.2 Å². The van der Waals surface area contributed by atoms with E-state index in [1.807, 2.05) is 43.4 Å². The van der Waals surface area contributed by atoms with E-state index in [4.69, 9.17) is 14.4 Å². The summed E-state index contributed by atoms with van der Waals surface area (Å²) in [6.45, 7) is 2.46. The minimum atomic E-state index is -3.87. The zero-order valence-corrected chi connectivity index (χ0v) is 24.1. The van der Waals surface area contributed by atoms with Gasteiger partial charge in [0, 0.05) is 39.4 Å². The van der Waals surface area contributed by atoms with Gasteiger partial charge in [-0.2, -0.15) is 5.06 Å². The molecule has 1 aliphatic heterocycles. The lowest BCUT2D eigenvalue weighted by molar-refractivity contribution is -0.201. The Morgan fingerprint density at radius 2 is 1.93 bits per heavy atom.